The van der Waals surface area contributed by atoms with Gasteiger partial charge < -0.3 is 12.8 Å². The van der Waals surface area contributed by atoms with Gasteiger partial charge in [0, 0.05) is 0 Å². The molecule has 0 bridgehead atoms. The van der Waals surface area contributed by atoms with E-state index < -0.39 is 15.8 Å². The average Bonchev–Trinajstić information content (AvgIpc) is 3.22. The van der Waals surface area contributed by atoms with Crippen molar-refractivity contribution in [2.75, 3.05) is 5.90 Å². The van der Waals surface area contributed by atoms with Crippen LogP contribution in [0.3, 0.4) is 0 Å². The summed E-state index contributed by atoms with van der Waals surface area (Å²) in [7, 11) is -1.69. The minimum Gasteiger partial charge on any atom is -0.366 e. The Labute approximate surface area is 348 Å². The molecule has 4 heteroatoms. The SMILES string of the molecule is [Au+].[Au+].[C-]#Cc1ccc2ccccc2c1.[C-]#Cc1cccc2ccccc12.c1ccc([PH+](C[PH+](c2ccccc2)c2ccccc2)c2ccccc2)cc1. The van der Waals surface area contributed by atoms with E-state index in [4.69, 9.17) is 12.8 Å². The van der Waals surface area contributed by atoms with Gasteiger partial charge in [0.2, 0.25) is 0 Å². The van der Waals surface area contributed by atoms with Crippen LogP contribution in [-0.4, -0.2) is 5.90 Å². The molecular formula is C49H38Au2P2+2. The molecule has 0 unspecified atom stereocenters. The summed E-state index contributed by atoms with van der Waals surface area (Å²) in [4.78, 5) is 0. The number of fused-ring (bicyclic) bond motifs is 2. The molecule has 0 aliphatic carbocycles. The molecule has 0 radical (unpaired) electrons. The third-order valence-corrected chi connectivity index (χ3v) is 15.6. The van der Waals surface area contributed by atoms with Gasteiger partial charge in [0.05, 0.1) is 0 Å². The Hall–Kier alpha value is -4.26. The Morgan fingerprint density at radius 3 is 1.21 bits per heavy atom. The summed E-state index contributed by atoms with van der Waals surface area (Å²) < 4.78 is 0. The van der Waals surface area contributed by atoms with E-state index in [1.54, 1.807) is 0 Å². The van der Waals surface area contributed by atoms with E-state index in [2.05, 4.69) is 139 Å². The normalized spacial score (nSPS) is 9.96. The Balaban J connectivity index is 0.000000200. The van der Waals surface area contributed by atoms with Crippen LogP contribution in [0.2, 0.25) is 0 Å². The Morgan fingerprint density at radius 2 is 0.755 bits per heavy atom. The van der Waals surface area contributed by atoms with E-state index in [-0.39, 0.29) is 44.8 Å². The fourth-order valence-corrected chi connectivity index (χ4v) is 13.8. The first kappa shape index (κ1) is 41.5. The molecule has 0 aromatic heterocycles. The fourth-order valence-electron chi connectivity index (χ4n) is 6.08. The van der Waals surface area contributed by atoms with Gasteiger partial charge in [-0.15, -0.1) is 29.3 Å². The monoisotopic (exact) mass is 1080 g/mol. The molecule has 0 amide bonds. The smallest absolute Gasteiger partial charge is 0.366 e. The van der Waals surface area contributed by atoms with Gasteiger partial charge in [-0.1, -0.05) is 145 Å². The topological polar surface area (TPSA) is 0 Å². The molecule has 0 aliphatic heterocycles. The van der Waals surface area contributed by atoms with E-state index in [0.717, 1.165) is 27.3 Å². The van der Waals surface area contributed by atoms with E-state index in [0.29, 0.717) is 0 Å². The van der Waals surface area contributed by atoms with Crippen molar-refractivity contribution in [3.05, 3.63) is 230 Å². The van der Waals surface area contributed by atoms with Gasteiger partial charge in [0.25, 0.3) is 0 Å². The second-order valence-corrected chi connectivity index (χ2v) is 17.6. The molecule has 0 heterocycles. The fraction of sp³-hybridized carbons (Fsp3) is 0.0204. The van der Waals surface area contributed by atoms with Gasteiger partial charge in [-0.25, -0.2) is 0 Å². The van der Waals surface area contributed by atoms with Gasteiger partial charge in [0.15, 0.2) is 5.90 Å². The van der Waals surface area contributed by atoms with Crippen LogP contribution in [0.15, 0.2) is 206 Å². The van der Waals surface area contributed by atoms with E-state index in [1.165, 1.54) is 32.5 Å². The molecule has 0 fully saturated rings. The molecule has 8 aromatic rings. The predicted octanol–water partition coefficient (Wildman–Crippen LogP) is 10.2. The molecule has 0 saturated carbocycles. The van der Waals surface area contributed by atoms with Crippen LogP contribution in [0.1, 0.15) is 11.1 Å². The van der Waals surface area contributed by atoms with E-state index in [9.17, 15) is 0 Å². The first-order chi connectivity index (χ1) is 25.2. The molecular weight excluding hydrogens is 1040 g/mol. The van der Waals surface area contributed by atoms with Crippen LogP contribution in [0.5, 0.6) is 0 Å². The average molecular weight is 1080 g/mol. The third-order valence-electron chi connectivity index (χ3n) is 8.66. The molecule has 53 heavy (non-hydrogen) atoms. The van der Waals surface area contributed by atoms with Crippen LogP contribution in [0.4, 0.5) is 0 Å². The second kappa shape index (κ2) is 22.1. The maximum absolute atomic E-state index is 7.08. The second-order valence-electron chi connectivity index (χ2n) is 11.9. The van der Waals surface area contributed by atoms with Gasteiger partial charge in [-0.2, -0.15) is 0 Å². The van der Waals surface area contributed by atoms with Crippen molar-refractivity contribution in [1.29, 1.82) is 0 Å². The summed E-state index contributed by atoms with van der Waals surface area (Å²) in [5.74, 6) is 6.04. The Kier molecular flexibility index (Phi) is 17.3. The molecule has 0 N–H and O–H groups in total. The summed E-state index contributed by atoms with van der Waals surface area (Å²) in [5.41, 5.74) is 1.68. The zero-order valence-corrected chi connectivity index (χ0v) is 35.3. The number of hydrogen-bond acceptors (Lipinski definition) is 0. The van der Waals surface area contributed by atoms with Gasteiger partial charge >= 0.3 is 44.8 Å². The van der Waals surface area contributed by atoms with Crippen molar-refractivity contribution in [3.8, 4) is 11.8 Å². The summed E-state index contributed by atoms with van der Waals surface area (Å²) >= 11 is 0. The first-order valence-electron chi connectivity index (χ1n) is 17.0. The standard InChI is InChI=1S/C25H22P2.2C12H7.2Au/c1-5-13-22(14-6-1)26(23-15-7-2-8-16-23)21-27(24-17-9-3-10-18-24)25-19-11-4-12-20-25;1-2-10-7-5-8-11-6-3-4-9-12(10)11;1-2-10-7-8-11-5-3-4-6-12(11)9-10;;/h1-20H,21H2;2*3-9H;;/q;2*-1;2*+1/p+2. The Bertz CT molecular complexity index is 2200. The van der Waals surface area contributed by atoms with Crippen LogP contribution in [0, 0.1) is 24.7 Å². The van der Waals surface area contributed by atoms with Crippen molar-refractivity contribution >= 4 is 58.6 Å². The van der Waals surface area contributed by atoms with Crippen molar-refractivity contribution in [2.45, 2.75) is 0 Å². The molecule has 0 atom stereocenters. The van der Waals surface area contributed by atoms with Crippen molar-refractivity contribution < 1.29 is 44.8 Å². The zero-order chi connectivity index (χ0) is 35.1. The maximum Gasteiger partial charge on any atom is 1.00 e. The Morgan fingerprint density at radius 1 is 0.358 bits per heavy atom. The largest absolute Gasteiger partial charge is 1.00 e. The zero-order valence-electron chi connectivity index (χ0n) is 28.9. The molecule has 8 rings (SSSR count). The molecule has 0 spiro atoms. The van der Waals surface area contributed by atoms with Crippen LogP contribution >= 0.6 is 15.8 Å². The summed E-state index contributed by atoms with van der Waals surface area (Å²) in [6.45, 7) is 0. The van der Waals surface area contributed by atoms with Crippen molar-refractivity contribution in [1.82, 2.24) is 0 Å². The van der Waals surface area contributed by atoms with E-state index >= 15 is 0 Å². The molecule has 8 aromatic carbocycles. The summed E-state index contributed by atoms with van der Waals surface area (Å²) in [6, 6.07) is 72.3. The number of rotatable bonds is 6. The molecule has 0 aliphatic rings. The number of hydrogen-bond donors (Lipinski definition) is 0. The van der Waals surface area contributed by atoms with Gasteiger partial charge in [0.1, 0.15) is 37.1 Å². The number of benzene rings is 8. The van der Waals surface area contributed by atoms with E-state index in [1.807, 2.05) is 78.9 Å². The first-order valence-corrected chi connectivity index (χ1v) is 20.4. The van der Waals surface area contributed by atoms with Crippen LogP contribution < -0.4 is 21.2 Å². The summed E-state index contributed by atoms with van der Waals surface area (Å²) in [6.07, 6.45) is 14.0. The van der Waals surface area contributed by atoms with Crippen LogP contribution in [-0.2, 0) is 44.8 Å². The quantitative estimate of drug-likeness (QED) is 0.0674. The van der Waals surface area contributed by atoms with Crippen molar-refractivity contribution in [2.24, 2.45) is 0 Å². The molecule has 0 nitrogen and oxygen atoms in total. The minimum atomic E-state index is -0.847. The predicted molar refractivity (Wildman–Crippen MR) is 226 cm³/mol. The third kappa shape index (κ3) is 11.6. The van der Waals surface area contributed by atoms with Crippen molar-refractivity contribution in [3.63, 3.8) is 0 Å². The minimum absolute atomic E-state index is 0. The molecule has 264 valence electrons. The maximum atomic E-state index is 7.08. The van der Waals surface area contributed by atoms with Gasteiger partial charge in [-0.05, 0) is 64.7 Å². The van der Waals surface area contributed by atoms with Gasteiger partial charge in [-0.3, -0.25) is 11.8 Å². The van der Waals surface area contributed by atoms with Crippen LogP contribution in [0.25, 0.3) is 21.5 Å². The summed E-state index contributed by atoms with van der Waals surface area (Å²) in [5, 5.41) is 10.6. The molecule has 0 saturated heterocycles.